The SMILES string of the molecule is Cc1sc(Br)cc1S(=O)(=O)N1CCC(CCl)CC1. The van der Waals surface area contributed by atoms with Crippen LogP contribution in [-0.2, 0) is 10.0 Å². The van der Waals surface area contributed by atoms with E-state index in [1.807, 2.05) is 6.92 Å². The lowest BCUT2D eigenvalue weighted by Crippen LogP contribution is -2.38. The number of sulfonamides is 1. The molecule has 3 nitrogen and oxygen atoms in total. The van der Waals surface area contributed by atoms with Crippen molar-refractivity contribution >= 4 is 48.9 Å². The molecule has 0 aromatic carbocycles. The van der Waals surface area contributed by atoms with Crippen molar-refractivity contribution in [1.82, 2.24) is 4.31 Å². The monoisotopic (exact) mass is 371 g/mol. The summed E-state index contributed by atoms with van der Waals surface area (Å²) in [5.74, 6) is 1.07. The van der Waals surface area contributed by atoms with Crippen LogP contribution in [0.15, 0.2) is 14.7 Å². The Hall–Kier alpha value is 0.380. The van der Waals surface area contributed by atoms with Crippen LogP contribution in [0.5, 0.6) is 0 Å². The minimum absolute atomic E-state index is 0.434. The van der Waals surface area contributed by atoms with E-state index in [4.69, 9.17) is 11.6 Å². The topological polar surface area (TPSA) is 37.4 Å². The van der Waals surface area contributed by atoms with Gasteiger partial charge >= 0.3 is 0 Å². The van der Waals surface area contributed by atoms with Crippen molar-refractivity contribution in [2.75, 3.05) is 19.0 Å². The highest BCUT2D eigenvalue weighted by atomic mass is 79.9. The first-order valence-electron chi connectivity index (χ1n) is 5.77. The van der Waals surface area contributed by atoms with Crippen LogP contribution in [0.3, 0.4) is 0 Å². The summed E-state index contributed by atoms with van der Waals surface area (Å²) in [7, 11) is -3.33. The van der Waals surface area contributed by atoms with Gasteiger partial charge in [-0.1, -0.05) is 0 Å². The standard InChI is InChI=1S/C11H15BrClNO2S2/c1-8-10(6-11(12)17-8)18(15,16)14-4-2-9(7-13)3-5-14/h6,9H,2-5,7H2,1H3. The van der Waals surface area contributed by atoms with Crippen LogP contribution >= 0.6 is 38.9 Å². The second kappa shape index (κ2) is 5.79. The Morgan fingerprint density at radius 3 is 2.56 bits per heavy atom. The van der Waals surface area contributed by atoms with Crippen molar-refractivity contribution in [3.8, 4) is 0 Å². The Balaban J connectivity index is 2.20. The van der Waals surface area contributed by atoms with Gasteiger partial charge in [-0.25, -0.2) is 8.42 Å². The van der Waals surface area contributed by atoms with Gasteiger partial charge in [0.1, 0.15) is 0 Å². The van der Waals surface area contributed by atoms with Crippen molar-refractivity contribution < 1.29 is 8.42 Å². The van der Waals surface area contributed by atoms with Gasteiger partial charge < -0.3 is 0 Å². The van der Waals surface area contributed by atoms with Gasteiger partial charge in [0.25, 0.3) is 0 Å². The molecular weight excluding hydrogens is 358 g/mol. The normalized spacial score (nSPS) is 19.3. The molecule has 0 amide bonds. The van der Waals surface area contributed by atoms with E-state index in [0.29, 0.717) is 29.8 Å². The number of piperidine rings is 1. The minimum Gasteiger partial charge on any atom is -0.207 e. The molecule has 1 aliphatic heterocycles. The van der Waals surface area contributed by atoms with Crippen molar-refractivity contribution in [3.05, 3.63) is 14.7 Å². The molecule has 1 saturated heterocycles. The molecule has 18 heavy (non-hydrogen) atoms. The van der Waals surface area contributed by atoms with Gasteiger partial charge in [0.05, 0.1) is 8.68 Å². The van der Waals surface area contributed by atoms with Crippen molar-refractivity contribution in [3.63, 3.8) is 0 Å². The van der Waals surface area contributed by atoms with E-state index in [2.05, 4.69) is 15.9 Å². The Morgan fingerprint density at radius 2 is 2.11 bits per heavy atom. The molecule has 7 heteroatoms. The van der Waals surface area contributed by atoms with Crippen molar-refractivity contribution in [2.24, 2.45) is 5.92 Å². The van der Waals surface area contributed by atoms with E-state index in [-0.39, 0.29) is 0 Å². The highest BCUT2D eigenvalue weighted by Gasteiger charge is 2.30. The fraction of sp³-hybridized carbons (Fsp3) is 0.636. The molecule has 102 valence electrons. The largest absolute Gasteiger partial charge is 0.244 e. The van der Waals surface area contributed by atoms with Crippen molar-refractivity contribution in [1.29, 1.82) is 0 Å². The zero-order chi connectivity index (χ0) is 13.3. The van der Waals surface area contributed by atoms with Crippen LogP contribution in [0, 0.1) is 12.8 Å². The molecule has 0 aliphatic carbocycles. The molecule has 0 radical (unpaired) electrons. The first-order chi connectivity index (χ1) is 8.45. The predicted molar refractivity (Wildman–Crippen MR) is 79.0 cm³/mol. The van der Waals surface area contributed by atoms with Gasteiger partial charge in [-0.3, -0.25) is 0 Å². The molecule has 1 fully saturated rings. The Morgan fingerprint density at radius 1 is 1.50 bits per heavy atom. The molecule has 0 atom stereocenters. The van der Waals surface area contributed by atoms with Crippen LogP contribution in [0.1, 0.15) is 17.7 Å². The lowest BCUT2D eigenvalue weighted by molar-refractivity contribution is 0.290. The zero-order valence-electron chi connectivity index (χ0n) is 10.0. The predicted octanol–water partition coefficient (Wildman–Crippen LogP) is 3.46. The Kier molecular flexibility index (Phi) is 4.75. The first-order valence-corrected chi connectivity index (χ1v) is 9.35. The highest BCUT2D eigenvalue weighted by molar-refractivity contribution is 9.11. The molecule has 0 N–H and O–H groups in total. The van der Waals surface area contributed by atoms with E-state index in [9.17, 15) is 8.42 Å². The van der Waals surface area contributed by atoms with Gasteiger partial charge in [0.2, 0.25) is 10.0 Å². The molecule has 2 rings (SSSR count). The number of nitrogens with zero attached hydrogens (tertiary/aromatic N) is 1. The third-order valence-electron chi connectivity index (χ3n) is 3.25. The summed E-state index contributed by atoms with van der Waals surface area (Å²) < 4.78 is 27.4. The fourth-order valence-corrected chi connectivity index (χ4v) is 6.29. The Labute approximate surface area is 125 Å². The average molecular weight is 373 g/mol. The number of thiophene rings is 1. The third kappa shape index (κ3) is 2.93. The van der Waals surface area contributed by atoms with Crippen LogP contribution in [0.25, 0.3) is 0 Å². The second-order valence-electron chi connectivity index (χ2n) is 4.47. The second-order valence-corrected chi connectivity index (χ2v) is 9.32. The van der Waals surface area contributed by atoms with Gasteiger partial charge in [-0.05, 0) is 47.7 Å². The third-order valence-corrected chi connectivity index (χ3v) is 7.40. The van der Waals surface area contributed by atoms with Crippen LogP contribution in [0.2, 0.25) is 0 Å². The smallest absolute Gasteiger partial charge is 0.207 e. The molecule has 1 aliphatic rings. The summed E-state index contributed by atoms with van der Waals surface area (Å²) in [6.07, 6.45) is 1.71. The van der Waals surface area contributed by atoms with E-state index in [0.717, 1.165) is 21.5 Å². The first kappa shape index (κ1) is 14.8. The van der Waals surface area contributed by atoms with E-state index < -0.39 is 10.0 Å². The number of alkyl halides is 1. The highest BCUT2D eigenvalue weighted by Crippen LogP contribution is 2.33. The molecule has 0 spiro atoms. The summed E-state index contributed by atoms with van der Waals surface area (Å²) >= 11 is 10.6. The summed E-state index contributed by atoms with van der Waals surface area (Å²) in [4.78, 5) is 1.27. The van der Waals surface area contributed by atoms with Gasteiger partial charge in [0.15, 0.2) is 0 Å². The molecule has 0 unspecified atom stereocenters. The number of aryl methyl sites for hydroxylation is 1. The Bertz CT molecular complexity index is 521. The fourth-order valence-electron chi connectivity index (χ4n) is 2.13. The summed E-state index contributed by atoms with van der Waals surface area (Å²) in [5.41, 5.74) is 0. The van der Waals surface area contributed by atoms with Gasteiger partial charge in [0, 0.05) is 23.8 Å². The number of hydrogen-bond donors (Lipinski definition) is 0. The minimum atomic E-state index is -3.33. The molecular formula is C11H15BrClNO2S2. The van der Waals surface area contributed by atoms with E-state index in [1.165, 1.54) is 11.3 Å². The molecule has 0 bridgehead atoms. The van der Waals surface area contributed by atoms with E-state index in [1.54, 1.807) is 10.4 Å². The maximum absolute atomic E-state index is 12.5. The number of halogens is 2. The lowest BCUT2D eigenvalue weighted by atomic mass is 10.0. The van der Waals surface area contributed by atoms with Gasteiger partial charge in [-0.2, -0.15) is 4.31 Å². The molecule has 1 aromatic heterocycles. The maximum Gasteiger partial charge on any atom is 0.244 e. The van der Waals surface area contributed by atoms with Crippen LogP contribution < -0.4 is 0 Å². The number of hydrogen-bond acceptors (Lipinski definition) is 3. The maximum atomic E-state index is 12.5. The molecule has 1 aromatic rings. The van der Waals surface area contributed by atoms with Crippen molar-refractivity contribution in [2.45, 2.75) is 24.7 Å². The quantitative estimate of drug-likeness (QED) is 0.762. The lowest BCUT2D eigenvalue weighted by Gasteiger charge is -2.30. The summed E-state index contributed by atoms with van der Waals surface area (Å²) in [5, 5.41) is 0. The van der Waals surface area contributed by atoms with Crippen LogP contribution in [-0.4, -0.2) is 31.7 Å². The molecule has 2 heterocycles. The summed E-state index contributed by atoms with van der Waals surface area (Å²) in [6, 6.07) is 1.70. The van der Waals surface area contributed by atoms with Crippen LogP contribution in [0.4, 0.5) is 0 Å². The number of rotatable bonds is 3. The summed E-state index contributed by atoms with van der Waals surface area (Å²) in [6.45, 7) is 2.99. The molecule has 0 saturated carbocycles. The van der Waals surface area contributed by atoms with E-state index >= 15 is 0 Å². The van der Waals surface area contributed by atoms with Gasteiger partial charge in [-0.15, -0.1) is 22.9 Å². The zero-order valence-corrected chi connectivity index (χ0v) is 14.0. The average Bonchev–Trinajstić information content (AvgIpc) is 2.69.